The van der Waals surface area contributed by atoms with Crippen LogP contribution in [0.5, 0.6) is 0 Å². The van der Waals surface area contributed by atoms with Gasteiger partial charge in [-0.05, 0) is 30.2 Å². The largest absolute Gasteiger partial charge is 0.383 e. The first-order valence-corrected chi connectivity index (χ1v) is 9.06. The lowest BCUT2D eigenvalue weighted by Gasteiger charge is -2.23. The monoisotopic (exact) mass is 371 g/mol. The quantitative estimate of drug-likeness (QED) is 0.421. The Morgan fingerprint density at radius 1 is 1.35 bits per heavy atom. The second-order valence-electron chi connectivity index (χ2n) is 4.85. The lowest BCUT2D eigenvalue weighted by Crippen LogP contribution is -2.27. The van der Waals surface area contributed by atoms with Gasteiger partial charge in [-0.25, -0.2) is 4.98 Å². The van der Waals surface area contributed by atoms with Crippen LogP contribution in [0.1, 0.15) is 11.1 Å². The highest BCUT2D eigenvalue weighted by atomic mass is 35.5. The van der Waals surface area contributed by atoms with Crippen LogP contribution in [0.3, 0.4) is 0 Å². The fourth-order valence-electron chi connectivity index (χ4n) is 2.07. The zero-order valence-electron chi connectivity index (χ0n) is 12.8. The summed E-state index contributed by atoms with van der Waals surface area (Å²) in [5, 5.41) is 6.63. The predicted octanol–water partition coefficient (Wildman–Crippen LogP) is 3.76. The van der Waals surface area contributed by atoms with Crippen molar-refractivity contribution in [3.8, 4) is 0 Å². The van der Waals surface area contributed by atoms with Crippen LogP contribution in [-0.2, 0) is 0 Å². The number of aryl methyl sites for hydroxylation is 1. The maximum Gasteiger partial charge on any atom is 0.205 e. The van der Waals surface area contributed by atoms with Gasteiger partial charge in [0.1, 0.15) is 5.82 Å². The molecular formula is C15H19Cl2N5S. The van der Waals surface area contributed by atoms with Gasteiger partial charge in [0.05, 0.1) is 6.21 Å². The summed E-state index contributed by atoms with van der Waals surface area (Å²) in [6.07, 6.45) is 1.77. The van der Waals surface area contributed by atoms with Gasteiger partial charge < -0.3 is 10.6 Å². The second kappa shape index (κ2) is 8.96. The lowest BCUT2D eigenvalue weighted by molar-refractivity contribution is 0.873. The third kappa shape index (κ3) is 5.27. The van der Waals surface area contributed by atoms with Crippen LogP contribution in [0.25, 0.3) is 0 Å². The maximum absolute atomic E-state index is 5.85. The normalized spacial score (nSPS) is 11.1. The van der Waals surface area contributed by atoms with Gasteiger partial charge in [-0.1, -0.05) is 6.07 Å². The van der Waals surface area contributed by atoms with Crippen molar-refractivity contribution < 1.29 is 0 Å². The Labute approximate surface area is 150 Å². The molecule has 0 aliphatic carbocycles. The van der Waals surface area contributed by atoms with Crippen LogP contribution >= 0.6 is 34.5 Å². The Balaban J connectivity index is 2.06. The highest BCUT2D eigenvalue weighted by Crippen LogP contribution is 2.19. The van der Waals surface area contributed by atoms with Gasteiger partial charge in [-0.3, -0.25) is 5.43 Å². The van der Waals surface area contributed by atoms with Crippen LogP contribution in [0.2, 0.25) is 0 Å². The molecule has 2 aromatic rings. The molecule has 0 aliphatic heterocycles. The average Bonchev–Trinajstić information content (AvgIpc) is 2.94. The van der Waals surface area contributed by atoms with E-state index in [0.29, 0.717) is 22.7 Å². The Morgan fingerprint density at radius 3 is 2.65 bits per heavy atom. The molecule has 1 aromatic heterocycles. The number of hydrogen-bond acceptors (Lipinski definition) is 6. The molecule has 3 N–H and O–H groups in total. The number of halogens is 2. The summed E-state index contributed by atoms with van der Waals surface area (Å²) in [5.41, 5.74) is 11.7. The van der Waals surface area contributed by atoms with Crippen molar-refractivity contribution in [1.82, 2.24) is 4.98 Å². The topological polar surface area (TPSA) is 66.5 Å². The molecule has 0 unspecified atom stereocenters. The van der Waals surface area contributed by atoms with Crippen molar-refractivity contribution in [1.29, 1.82) is 0 Å². The first kappa shape index (κ1) is 17.8. The Morgan fingerprint density at radius 2 is 2.09 bits per heavy atom. The molecule has 0 saturated heterocycles. The highest BCUT2D eigenvalue weighted by Gasteiger charge is 2.07. The van der Waals surface area contributed by atoms with Crippen molar-refractivity contribution in [2.24, 2.45) is 5.10 Å². The molecule has 0 fully saturated rings. The minimum Gasteiger partial charge on any atom is -0.383 e. The molecule has 0 saturated carbocycles. The number of nitrogens with one attached hydrogen (secondary N) is 1. The molecule has 0 atom stereocenters. The lowest BCUT2D eigenvalue weighted by atomic mass is 10.1. The number of nitrogens with two attached hydrogens (primary N) is 1. The zero-order chi connectivity index (χ0) is 16.7. The van der Waals surface area contributed by atoms with E-state index in [1.165, 1.54) is 11.3 Å². The maximum atomic E-state index is 5.85. The predicted molar refractivity (Wildman–Crippen MR) is 103 cm³/mol. The number of benzene rings is 1. The van der Waals surface area contributed by atoms with Gasteiger partial charge in [0, 0.05) is 35.9 Å². The SMILES string of the molecule is Cc1cc(N(CCCl)CCCl)ccc1C=NNc1nc(N)cs1. The zero-order valence-corrected chi connectivity index (χ0v) is 15.1. The third-order valence-corrected chi connectivity index (χ3v) is 4.32. The van der Waals surface area contributed by atoms with Crippen molar-refractivity contribution in [3.05, 3.63) is 34.7 Å². The first-order valence-electron chi connectivity index (χ1n) is 7.11. The van der Waals surface area contributed by atoms with Crippen LogP contribution in [-0.4, -0.2) is 36.0 Å². The summed E-state index contributed by atoms with van der Waals surface area (Å²) in [4.78, 5) is 6.25. The second-order valence-corrected chi connectivity index (χ2v) is 6.47. The summed E-state index contributed by atoms with van der Waals surface area (Å²) in [6, 6.07) is 6.19. The van der Waals surface area contributed by atoms with Gasteiger partial charge in [0.15, 0.2) is 0 Å². The minimum absolute atomic E-state index is 0.493. The number of hydrogen-bond donors (Lipinski definition) is 2. The van der Waals surface area contributed by atoms with E-state index in [0.717, 1.165) is 29.9 Å². The average molecular weight is 372 g/mol. The summed E-state index contributed by atoms with van der Waals surface area (Å²) >= 11 is 13.1. The van der Waals surface area contributed by atoms with Crippen molar-refractivity contribution in [3.63, 3.8) is 0 Å². The van der Waals surface area contributed by atoms with Gasteiger partial charge in [-0.15, -0.1) is 34.5 Å². The van der Waals surface area contributed by atoms with Crippen molar-refractivity contribution >= 4 is 57.4 Å². The number of hydrazone groups is 1. The number of anilines is 3. The van der Waals surface area contributed by atoms with E-state index in [2.05, 4.69) is 32.5 Å². The molecule has 0 amide bonds. The summed E-state index contributed by atoms with van der Waals surface area (Å²) in [7, 11) is 0. The molecule has 0 bridgehead atoms. The third-order valence-electron chi connectivity index (χ3n) is 3.21. The van der Waals surface area contributed by atoms with E-state index in [4.69, 9.17) is 28.9 Å². The molecule has 2 rings (SSSR count). The fraction of sp³-hybridized carbons (Fsp3) is 0.333. The van der Waals surface area contributed by atoms with Gasteiger partial charge in [-0.2, -0.15) is 5.10 Å². The smallest absolute Gasteiger partial charge is 0.205 e. The minimum atomic E-state index is 0.493. The van der Waals surface area contributed by atoms with Crippen LogP contribution < -0.4 is 16.1 Å². The Hall–Kier alpha value is -1.50. The van der Waals surface area contributed by atoms with E-state index in [1.54, 1.807) is 11.6 Å². The highest BCUT2D eigenvalue weighted by molar-refractivity contribution is 7.14. The van der Waals surface area contributed by atoms with Gasteiger partial charge >= 0.3 is 0 Å². The summed E-state index contributed by atoms with van der Waals surface area (Å²) < 4.78 is 0. The number of rotatable bonds is 8. The number of alkyl halides is 2. The number of nitrogens with zero attached hydrogens (tertiary/aromatic N) is 3. The standard InChI is InChI=1S/C15H19Cl2N5S/c1-11-8-13(22(6-4-16)7-5-17)3-2-12(11)9-19-21-15-20-14(18)10-23-15/h2-3,8-10H,4-7,18H2,1H3,(H,20,21). The van der Waals surface area contributed by atoms with E-state index in [-0.39, 0.29) is 0 Å². The number of thiazole rings is 1. The Kier molecular flexibility index (Phi) is 6.95. The van der Waals surface area contributed by atoms with E-state index in [1.807, 2.05) is 13.0 Å². The van der Waals surface area contributed by atoms with E-state index < -0.39 is 0 Å². The molecule has 5 nitrogen and oxygen atoms in total. The summed E-state index contributed by atoms with van der Waals surface area (Å²) in [6.45, 7) is 3.59. The molecule has 124 valence electrons. The Bertz CT molecular complexity index is 653. The van der Waals surface area contributed by atoms with Crippen LogP contribution in [0, 0.1) is 6.92 Å². The fourth-order valence-corrected chi connectivity index (χ4v) is 3.03. The number of aromatic nitrogens is 1. The molecule has 1 aromatic carbocycles. The molecule has 23 heavy (non-hydrogen) atoms. The molecule has 0 spiro atoms. The number of nitrogen functional groups attached to an aromatic ring is 1. The van der Waals surface area contributed by atoms with E-state index >= 15 is 0 Å². The van der Waals surface area contributed by atoms with Gasteiger partial charge in [0.25, 0.3) is 0 Å². The molecule has 8 heteroatoms. The van der Waals surface area contributed by atoms with E-state index in [9.17, 15) is 0 Å². The van der Waals surface area contributed by atoms with Crippen molar-refractivity contribution in [2.45, 2.75) is 6.92 Å². The van der Waals surface area contributed by atoms with Gasteiger partial charge in [0.2, 0.25) is 5.13 Å². The molecule has 0 aliphatic rings. The van der Waals surface area contributed by atoms with Crippen molar-refractivity contribution in [2.75, 3.05) is 40.9 Å². The summed E-state index contributed by atoms with van der Waals surface area (Å²) in [5.74, 6) is 1.63. The van der Waals surface area contributed by atoms with Crippen LogP contribution in [0.15, 0.2) is 28.7 Å². The van der Waals surface area contributed by atoms with Crippen LogP contribution in [0.4, 0.5) is 16.6 Å². The molecule has 1 heterocycles. The molecular weight excluding hydrogens is 353 g/mol. The first-order chi connectivity index (χ1) is 11.1. The molecule has 0 radical (unpaired) electrons.